The molecule has 0 N–H and O–H groups in total. The predicted octanol–water partition coefficient (Wildman–Crippen LogP) is 2.14. The second-order valence-electron chi connectivity index (χ2n) is 3.25. The molecular weight excluding hydrogens is 249 g/mol. The van der Waals surface area contributed by atoms with Crippen LogP contribution in [0.3, 0.4) is 0 Å². The Hall–Kier alpha value is -2.10. The number of carbonyl (C=O) groups is 1. The number of rotatable bonds is 4. The van der Waals surface area contributed by atoms with E-state index in [1.807, 2.05) is 0 Å². The highest BCUT2D eigenvalue weighted by atomic mass is 19.3. The quantitative estimate of drug-likeness (QED) is 0.776. The molecule has 0 amide bonds. The minimum absolute atomic E-state index is 0.0562. The van der Waals surface area contributed by atoms with Gasteiger partial charge in [-0.2, -0.15) is 5.26 Å². The molecule has 1 aromatic rings. The normalized spacial score (nSPS) is 10.2. The van der Waals surface area contributed by atoms with Gasteiger partial charge in [0, 0.05) is 17.3 Å². The van der Waals surface area contributed by atoms with Gasteiger partial charge in [0.25, 0.3) is 6.43 Å². The number of nitrogens with zero attached hydrogens (tertiary/aromatic N) is 2. The average molecular weight is 258 g/mol. The molecule has 1 aromatic heterocycles. The Balaban J connectivity index is 3.20. The van der Waals surface area contributed by atoms with Gasteiger partial charge in [-0.15, -0.1) is 0 Å². The number of pyridine rings is 1. The van der Waals surface area contributed by atoms with Gasteiger partial charge < -0.3 is 4.74 Å². The van der Waals surface area contributed by atoms with E-state index in [-0.39, 0.29) is 6.61 Å². The van der Waals surface area contributed by atoms with Crippen LogP contribution in [0, 0.1) is 17.1 Å². The number of ether oxygens (including phenoxy) is 1. The van der Waals surface area contributed by atoms with Crippen molar-refractivity contribution < 1.29 is 22.7 Å². The fraction of sp³-hybridized carbons (Fsp3) is 0.364. The van der Waals surface area contributed by atoms with Crippen LogP contribution in [0.1, 0.15) is 30.2 Å². The summed E-state index contributed by atoms with van der Waals surface area (Å²) >= 11 is 0. The first kappa shape index (κ1) is 14.0. The van der Waals surface area contributed by atoms with Crippen LogP contribution >= 0.6 is 0 Å². The van der Waals surface area contributed by atoms with Gasteiger partial charge in [0.05, 0.1) is 13.0 Å². The Bertz CT molecular complexity index is 498. The van der Waals surface area contributed by atoms with Crippen molar-refractivity contribution in [2.24, 2.45) is 0 Å². The fourth-order valence-electron chi connectivity index (χ4n) is 1.34. The Labute approximate surface area is 101 Å². The zero-order chi connectivity index (χ0) is 13.7. The third-order valence-corrected chi connectivity index (χ3v) is 2.12. The summed E-state index contributed by atoms with van der Waals surface area (Å²) in [4.78, 5) is 14.5. The van der Waals surface area contributed by atoms with Crippen molar-refractivity contribution in [2.75, 3.05) is 6.61 Å². The SMILES string of the molecule is CCOC(=O)Cc1c(C(F)F)cnc(C#N)c1F. The molecule has 0 aromatic carbocycles. The summed E-state index contributed by atoms with van der Waals surface area (Å²) in [6, 6.07) is 1.42. The minimum Gasteiger partial charge on any atom is -0.466 e. The molecule has 18 heavy (non-hydrogen) atoms. The molecule has 0 aliphatic carbocycles. The molecule has 96 valence electrons. The third-order valence-electron chi connectivity index (χ3n) is 2.12. The van der Waals surface area contributed by atoms with E-state index in [0.29, 0.717) is 6.20 Å². The first-order chi connectivity index (χ1) is 8.51. The summed E-state index contributed by atoms with van der Waals surface area (Å²) in [6.07, 6.45) is -2.94. The molecule has 0 bridgehead atoms. The predicted molar refractivity (Wildman–Crippen MR) is 54.2 cm³/mol. The van der Waals surface area contributed by atoms with Gasteiger partial charge >= 0.3 is 5.97 Å². The summed E-state index contributed by atoms with van der Waals surface area (Å²) in [5.74, 6) is -2.04. The summed E-state index contributed by atoms with van der Waals surface area (Å²) < 4.78 is 43.5. The van der Waals surface area contributed by atoms with E-state index in [9.17, 15) is 18.0 Å². The third kappa shape index (κ3) is 2.97. The lowest BCUT2D eigenvalue weighted by molar-refractivity contribution is -0.142. The standard InChI is InChI=1S/C11H9F3N2O2/c1-2-18-9(17)3-6-7(11(13)14)5-16-8(4-15)10(6)12/h5,11H,2-3H2,1H3. The molecule has 0 spiro atoms. The molecule has 0 radical (unpaired) electrons. The molecule has 7 heteroatoms. The number of aromatic nitrogens is 1. The van der Waals surface area contributed by atoms with Crippen LogP contribution in [0.15, 0.2) is 6.20 Å². The molecule has 0 atom stereocenters. The molecule has 4 nitrogen and oxygen atoms in total. The highest BCUT2D eigenvalue weighted by Gasteiger charge is 2.23. The Kier molecular flexibility index (Phi) is 4.66. The van der Waals surface area contributed by atoms with Crippen LogP contribution in [-0.2, 0) is 16.0 Å². The maximum atomic E-state index is 13.7. The number of esters is 1. The molecule has 0 saturated carbocycles. The van der Waals surface area contributed by atoms with E-state index in [1.54, 1.807) is 0 Å². The number of alkyl halides is 2. The summed E-state index contributed by atoms with van der Waals surface area (Å²) in [6.45, 7) is 1.59. The summed E-state index contributed by atoms with van der Waals surface area (Å²) in [7, 11) is 0. The van der Waals surface area contributed by atoms with Gasteiger partial charge in [-0.25, -0.2) is 18.2 Å². The second-order valence-corrected chi connectivity index (χ2v) is 3.25. The van der Waals surface area contributed by atoms with Crippen LogP contribution in [0.2, 0.25) is 0 Å². The number of hydrogen-bond donors (Lipinski definition) is 0. The van der Waals surface area contributed by atoms with E-state index in [1.165, 1.54) is 13.0 Å². The van der Waals surface area contributed by atoms with Crippen molar-refractivity contribution in [1.29, 1.82) is 5.26 Å². The van der Waals surface area contributed by atoms with E-state index in [2.05, 4.69) is 9.72 Å². The van der Waals surface area contributed by atoms with Gasteiger partial charge in [0.2, 0.25) is 0 Å². The van der Waals surface area contributed by atoms with Crippen molar-refractivity contribution in [3.8, 4) is 6.07 Å². The molecule has 1 rings (SSSR count). The first-order valence-electron chi connectivity index (χ1n) is 5.02. The van der Waals surface area contributed by atoms with Crippen LogP contribution in [0.4, 0.5) is 13.2 Å². The molecule has 0 saturated heterocycles. The van der Waals surface area contributed by atoms with Crippen LogP contribution in [-0.4, -0.2) is 17.6 Å². The highest BCUT2D eigenvalue weighted by Crippen LogP contribution is 2.26. The lowest BCUT2D eigenvalue weighted by Crippen LogP contribution is -2.13. The maximum Gasteiger partial charge on any atom is 0.310 e. The number of carbonyl (C=O) groups excluding carboxylic acids is 1. The van der Waals surface area contributed by atoms with Crippen molar-refractivity contribution in [3.63, 3.8) is 0 Å². The maximum absolute atomic E-state index is 13.7. The summed E-state index contributed by atoms with van der Waals surface area (Å²) in [5, 5.41) is 8.55. The van der Waals surface area contributed by atoms with E-state index >= 15 is 0 Å². The highest BCUT2D eigenvalue weighted by molar-refractivity contribution is 5.73. The molecule has 0 unspecified atom stereocenters. The van der Waals surface area contributed by atoms with Gasteiger partial charge in [0.1, 0.15) is 6.07 Å². The van der Waals surface area contributed by atoms with Gasteiger partial charge in [-0.3, -0.25) is 4.79 Å². The number of hydrogen-bond acceptors (Lipinski definition) is 4. The number of halogens is 3. The van der Waals surface area contributed by atoms with Gasteiger partial charge in [0.15, 0.2) is 11.5 Å². The average Bonchev–Trinajstić information content (AvgIpc) is 2.31. The smallest absolute Gasteiger partial charge is 0.310 e. The first-order valence-corrected chi connectivity index (χ1v) is 5.02. The van der Waals surface area contributed by atoms with Crippen molar-refractivity contribution in [2.45, 2.75) is 19.8 Å². The molecular formula is C11H9F3N2O2. The Morgan fingerprint density at radius 2 is 2.28 bits per heavy atom. The van der Waals surface area contributed by atoms with Gasteiger partial charge in [-0.05, 0) is 6.92 Å². The van der Waals surface area contributed by atoms with E-state index in [4.69, 9.17) is 5.26 Å². The molecule has 0 fully saturated rings. The van der Waals surface area contributed by atoms with Crippen LogP contribution in [0.25, 0.3) is 0 Å². The lowest BCUT2D eigenvalue weighted by Gasteiger charge is -2.09. The fourth-order valence-corrected chi connectivity index (χ4v) is 1.34. The second kappa shape index (κ2) is 6.00. The zero-order valence-corrected chi connectivity index (χ0v) is 9.41. The molecule has 0 aliphatic heterocycles. The number of nitriles is 1. The monoisotopic (exact) mass is 258 g/mol. The zero-order valence-electron chi connectivity index (χ0n) is 9.41. The van der Waals surface area contributed by atoms with Crippen molar-refractivity contribution in [1.82, 2.24) is 4.98 Å². The van der Waals surface area contributed by atoms with Crippen molar-refractivity contribution in [3.05, 3.63) is 28.8 Å². The summed E-state index contributed by atoms with van der Waals surface area (Å²) in [5.41, 5.74) is -1.88. The lowest BCUT2D eigenvalue weighted by atomic mass is 10.1. The topological polar surface area (TPSA) is 63.0 Å². The van der Waals surface area contributed by atoms with E-state index in [0.717, 1.165) is 0 Å². The van der Waals surface area contributed by atoms with Crippen LogP contribution < -0.4 is 0 Å². The molecule has 0 aliphatic rings. The van der Waals surface area contributed by atoms with E-state index < -0.39 is 41.5 Å². The van der Waals surface area contributed by atoms with Crippen LogP contribution in [0.5, 0.6) is 0 Å². The minimum atomic E-state index is -2.98. The largest absolute Gasteiger partial charge is 0.466 e. The molecule has 1 heterocycles. The van der Waals surface area contributed by atoms with Gasteiger partial charge in [-0.1, -0.05) is 0 Å². The Morgan fingerprint density at radius 3 is 2.78 bits per heavy atom. The van der Waals surface area contributed by atoms with Crippen molar-refractivity contribution >= 4 is 5.97 Å². The Morgan fingerprint density at radius 1 is 1.61 bits per heavy atom.